The number of carboxylic acid groups (broad SMARTS) is 1. The SMILES string of the molecule is O=C(O)CC1CSCCN1C(=O)CCN1CCCC1. The van der Waals surface area contributed by atoms with Crippen LogP contribution in [0, 0.1) is 0 Å². The third kappa shape index (κ3) is 4.38. The second kappa shape index (κ2) is 7.14. The second-order valence-corrected chi connectivity index (χ2v) is 6.36. The highest BCUT2D eigenvalue weighted by atomic mass is 32.2. The van der Waals surface area contributed by atoms with E-state index in [4.69, 9.17) is 5.11 Å². The van der Waals surface area contributed by atoms with E-state index in [0.29, 0.717) is 13.0 Å². The summed E-state index contributed by atoms with van der Waals surface area (Å²) in [7, 11) is 0. The molecule has 0 spiro atoms. The first kappa shape index (κ1) is 14.7. The molecule has 0 aliphatic carbocycles. The molecule has 0 bridgehead atoms. The lowest BCUT2D eigenvalue weighted by Gasteiger charge is -2.35. The van der Waals surface area contributed by atoms with Gasteiger partial charge in [-0.3, -0.25) is 9.59 Å². The monoisotopic (exact) mass is 286 g/mol. The highest BCUT2D eigenvalue weighted by Gasteiger charge is 2.28. The van der Waals surface area contributed by atoms with E-state index in [1.807, 2.05) is 0 Å². The molecule has 2 aliphatic rings. The summed E-state index contributed by atoms with van der Waals surface area (Å²) in [6, 6.07) is -0.123. The van der Waals surface area contributed by atoms with Crippen molar-refractivity contribution in [3.8, 4) is 0 Å². The molecule has 0 saturated carbocycles. The summed E-state index contributed by atoms with van der Waals surface area (Å²) in [4.78, 5) is 27.2. The summed E-state index contributed by atoms with van der Waals surface area (Å²) in [5.41, 5.74) is 0. The van der Waals surface area contributed by atoms with Gasteiger partial charge in [-0.2, -0.15) is 11.8 Å². The minimum absolute atomic E-state index is 0.0719. The Kier molecular flexibility index (Phi) is 5.51. The average Bonchev–Trinajstić information content (AvgIpc) is 2.89. The van der Waals surface area contributed by atoms with Gasteiger partial charge in [-0.1, -0.05) is 0 Å². The van der Waals surface area contributed by atoms with Crippen molar-refractivity contribution >= 4 is 23.6 Å². The molecule has 5 nitrogen and oxygen atoms in total. The number of likely N-dealkylation sites (tertiary alicyclic amines) is 1. The van der Waals surface area contributed by atoms with Gasteiger partial charge in [0.15, 0.2) is 0 Å². The molecule has 1 N–H and O–H groups in total. The largest absolute Gasteiger partial charge is 0.481 e. The first-order valence-electron chi connectivity index (χ1n) is 6.98. The Morgan fingerprint density at radius 3 is 2.63 bits per heavy atom. The van der Waals surface area contributed by atoms with Crippen molar-refractivity contribution in [2.45, 2.75) is 31.7 Å². The van der Waals surface area contributed by atoms with E-state index < -0.39 is 5.97 Å². The average molecular weight is 286 g/mol. The zero-order valence-corrected chi connectivity index (χ0v) is 12.0. The molecule has 2 saturated heterocycles. The van der Waals surface area contributed by atoms with Gasteiger partial charge < -0.3 is 14.9 Å². The molecule has 1 atom stereocenters. The second-order valence-electron chi connectivity index (χ2n) is 5.21. The lowest BCUT2D eigenvalue weighted by atomic mass is 10.1. The molecule has 0 aromatic carbocycles. The summed E-state index contributed by atoms with van der Waals surface area (Å²) in [6.07, 6.45) is 3.07. The molecule has 2 fully saturated rings. The Balaban J connectivity index is 1.82. The first-order chi connectivity index (χ1) is 9.16. The van der Waals surface area contributed by atoms with Crippen molar-refractivity contribution in [1.82, 2.24) is 9.80 Å². The maximum absolute atomic E-state index is 12.2. The van der Waals surface area contributed by atoms with Crippen molar-refractivity contribution in [3.63, 3.8) is 0 Å². The predicted octanol–water partition coefficient (Wildman–Crippen LogP) is 0.891. The maximum Gasteiger partial charge on any atom is 0.305 e. The van der Waals surface area contributed by atoms with Crippen LogP contribution in [-0.2, 0) is 9.59 Å². The Bertz CT molecular complexity index is 332. The molecular weight excluding hydrogens is 264 g/mol. The number of carboxylic acids is 1. The number of thioether (sulfide) groups is 1. The van der Waals surface area contributed by atoms with E-state index in [2.05, 4.69) is 4.90 Å². The molecule has 0 aromatic rings. The number of amides is 1. The van der Waals surface area contributed by atoms with E-state index in [1.165, 1.54) is 12.8 Å². The van der Waals surface area contributed by atoms with Gasteiger partial charge in [0.2, 0.25) is 5.91 Å². The molecular formula is C13H22N2O3S. The summed E-state index contributed by atoms with van der Waals surface area (Å²) < 4.78 is 0. The van der Waals surface area contributed by atoms with E-state index in [-0.39, 0.29) is 18.4 Å². The molecule has 1 unspecified atom stereocenters. The summed E-state index contributed by atoms with van der Waals surface area (Å²) in [5, 5.41) is 8.91. The standard InChI is InChI=1S/C13H22N2O3S/c16-12(3-6-14-4-1-2-5-14)15-7-8-19-10-11(15)9-13(17)18/h11H,1-10H2,(H,17,18). The summed E-state index contributed by atoms with van der Waals surface area (Å²) >= 11 is 1.74. The minimum atomic E-state index is -0.815. The van der Waals surface area contributed by atoms with Crippen LogP contribution in [0.15, 0.2) is 0 Å². The van der Waals surface area contributed by atoms with Gasteiger partial charge in [-0.25, -0.2) is 0 Å². The van der Waals surface area contributed by atoms with Crippen LogP contribution in [0.2, 0.25) is 0 Å². The molecule has 6 heteroatoms. The van der Waals surface area contributed by atoms with Crippen LogP contribution in [0.4, 0.5) is 0 Å². The predicted molar refractivity (Wildman–Crippen MR) is 75.4 cm³/mol. The highest BCUT2D eigenvalue weighted by Crippen LogP contribution is 2.20. The number of carbonyl (C=O) groups excluding carboxylic acids is 1. The molecule has 19 heavy (non-hydrogen) atoms. The van der Waals surface area contributed by atoms with E-state index in [1.54, 1.807) is 16.7 Å². The van der Waals surface area contributed by atoms with Crippen LogP contribution in [0.1, 0.15) is 25.7 Å². The Hall–Kier alpha value is -0.750. The Morgan fingerprint density at radius 1 is 1.21 bits per heavy atom. The zero-order chi connectivity index (χ0) is 13.7. The third-order valence-corrected chi connectivity index (χ3v) is 4.89. The van der Waals surface area contributed by atoms with Gasteiger partial charge in [0.05, 0.1) is 12.5 Å². The molecule has 2 aliphatic heterocycles. The van der Waals surface area contributed by atoms with Crippen LogP contribution < -0.4 is 0 Å². The summed E-state index contributed by atoms with van der Waals surface area (Å²) in [5.74, 6) is 0.983. The fourth-order valence-corrected chi connectivity index (χ4v) is 3.82. The smallest absolute Gasteiger partial charge is 0.305 e. The van der Waals surface area contributed by atoms with Crippen molar-refractivity contribution < 1.29 is 14.7 Å². The third-order valence-electron chi connectivity index (χ3n) is 3.80. The van der Waals surface area contributed by atoms with Gasteiger partial charge in [0.1, 0.15) is 0 Å². The van der Waals surface area contributed by atoms with Crippen LogP contribution in [0.5, 0.6) is 0 Å². The molecule has 108 valence electrons. The molecule has 2 rings (SSSR count). The number of aliphatic carboxylic acids is 1. The van der Waals surface area contributed by atoms with Gasteiger partial charge in [-0.05, 0) is 25.9 Å². The number of hydrogen-bond acceptors (Lipinski definition) is 4. The van der Waals surface area contributed by atoms with E-state index in [9.17, 15) is 9.59 Å². The van der Waals surface area contributed by atoms with Gasteiger partial charge in [-0.15, -0.1) is 0 Å². The zero-order valence-electron chi connectivity index (χ0n) is 11.2. The number of carbonyl (C=O) groups is 2. The van der Waals surface area contributed by atoms with Crippen LogP contribution in [0.3, 0.4) is 0 Å². The highest BCUT2D eigenvalue weighted by molar-refractivity contribution is 7.99. The first-order valence-corrected chi connectivity index (χ1v) is 8.13. The van der Waals surface area contributed by atoms with Gasteiger partial charge in [0, 0.05) is 31.0 Å². The van der Waals surface area contributed by atoms with Gasteiger partial charge >= 0.3 is 5.97 Å². The van der Waals surface area contributed by atoms with Crippen molar-refractivity contribution in [3.05, 3.63) is 0 Å². The topological polar surface area (TPSA) is 60.9 Å². The van der Waals surface area contributed by atoms with Gasteiger partial charge in [0.25, 0.3) is 0 Å². The van der Waals surface area contributed by atoms with Crippen molar-refractivity contribution in [2.75, 3.05) is 37.7 Å². The normalized spacial score (nSPS) is 24.6. The molecule has 0 aromatic heterocycles. The fraction of sp³-hybridized carbons (Fsp3) is 0.846. The van der Waals surface area contributed by atoms with E-state index >= 15 is 0 Å². The molecule has 0 radical (unpaired) electrons. The van der Waals surface area contributed by atoms with Crippen molar-refractivity contribution in [2.24, 2.45) is 0 Å². The number of hydrogen-bond donors (Lipinski definition) is 1. The summed E-state index contributed by atoms with van der Waals surface area (Å²) in [6.45, 7) is 3.72. The van der Waals surface area contributed by atoms with Crippen LogP contribution in [0.25, 0.3) is 0 Å². The lowest BCUT2D eigenvalue weighted by molar-refractivity contribution is -0.140. The molecule has 1 amide bonds. The number of nitrogens with zero attached hydrogens (tertiary/aromatic N) is 2. The number of rotatable bonds is 5. The molecule has 2 heterocycles. The Morgan fingerprint density at radius 2 is 1.95 bits per heavy atom. The minimum Gasteiger partial charge on any atom is -0.481 e. The fourth-order valence-electron chi connectivity index (χ4n) is 2.76. The quantitative estimate of drug-likeness (QED) is 0.813. The lowest BCUT2D eigenvalue weighted by Crippen LogP contribution is -2.47. The maximum atomic E-state index is 12.2. The van der Waals surface area contributed by atoms with E-state index in [0.717, 1.165) is 31.1 Å². The van der Waals surface area contributed by atoms with Crippen LogP contribution in [-0.4, -0.2) is 70.5 Å². The van der Waals surface area contributed by atoms with Crippen LogP contribution >= 0.6 is 11.8 Å². The van der Waals surface area contributed by atoms with Crippen molar-refractivity contribution in [1.29, 1.82) is 0 Å². The Labute approximate surface area is 118 Å².